The van der Waals surface area contributed by atoms with Crippen LogP contribution in [0, 0.1) is 0 Å². The van der Waals surface area contributed by atoms with Crippen LogP contribution in [0.5, 0.6) is 0 Å². The number of aliphatic hydroxyl groups excluding tert-OH is 1. The standard InChI is InChI=1S/C17H32N2O/c1-5-9-10-11-12-13-19-15(7-3)17(16(20)8-4)14(6-2)18-19/h16,20H,5-13H2,1-4H3. The Morgan fingerprint density at radius 2 is 1.70 bits per heavy atom. The van der Waals surface area contributed by atoms with Gasteiger partial charge in [0.2, 0.25) is 0 Å². The molecule has 0 bridgehead atoms. The third-order valence-electron chi connectivity index (χ3n) is 4.04. The molecule has 0 aliphatic heterocycles. The lowest BCUT2D eigenvalue weighted by atomic mass is 10.0. The Kier molecular flexibility index (Phi) is 7.90. The lowest BCUT2D eigenvalue weighted by Gasteiger charge is -2.11. The topological polar surface area (TPSA) is 38.0 Å². The quantitative estimate of drug-likeness (QED) is 0.644. The van der Waals surface area contributed by atoms with Gasteiger partial charge in [-0.2, -0.15) is 5.10 Å². The van der Waals surface area contributed by atoms with Crippen molar-refractivity contribution in [3.8, 4) is 0 Å². The Balaban J connectivity index is 2.77. The molecule has 0 aromatic carbocycles. The Hall–Kier alpha value is -0.830. The maximum Gasteiger partial charge on any atom is 0.0823 e. The van der Waals surface area contributed by atoms with Crippen LogP contribution in [0.25, 0.3) is 0 Å². The number of hydrogen-bond acceptors (Lipinski definition) is 2. The SMILES string of the molecule is CCCCCCCn1nc(CC)c(C(O)CC)c1CC. The molecule has 1 N–H and O–H groups in total. The molecule has 0 radical (unpaired) electrons. The van der Waals surface area contributed by atoms with Crippen molar-refractivity contribution in [2.24, 2.45) is 0 Å². The van der Waals surface area contributed by atoms with Gasteiger partial charge in [0, 0.05) is 17.8 Å². The molecule has 1 atom stereocenters. The molecule has 0 amide bonds. The van der Waals surface area contributed by atoms with Crippen molar-refractivity contribution in [3.63, 3.8) is 0 Å². The Labute approximate surface area is 124 Å². The van der Waals surface area contributed by atoms with E-state index in [9.17, 15) is 5.11 Å². The minimum absolute atomic E-state index is 0.353. The molecule has 1 aromatic rings. The Morgan fingerprint density at radius 1 is 1.00 bits per heavy atom. The van der Waals surface area contributed by atoms with E-state index in [4.69, 9.17) is 5.10 Å². The summed E-state index contributed by atoms with van der Waals surface area (Å²) in [4.78, 5) is 0. The van der Waals surface area contributed by atoms with Crippen molar-refractivity contribution in [2.45, 2.75) is 91.7 Å². The highest BCUT2D eigenvalue weighted by molar-refractivity contribution is 5.29. The van der Waals surface area contributed by atoms with E-state index < -0.39 is 0 Å². The normalized spacial score (nSPS) is 12.8. The Bertz CT molecular complexity index is 385. The van der Waals surface area contributed by atoms with Crippen LogP contribution in [-0.2, 0) is 19.4 Å². The van der Waals surface area contributed by atoms with Crippen LogP contribution in [0.2, 0.25) is 0 Å². The molecule has 0 aliphatic carbocycles. The van der Waals surface area contributed by atoms with Gasteiger partial charge >= 0.3 is 0 Å². The van der Waals surface area contributed by atoms with Gasteiger partial charge in [-0.3, -0.25) is 4.68 Å². The van der Waals surface area contributed by atoms with E-state index in [0.717, 1.165) is 37.1 Å². The molecule has 1 rings (SSSR count). The van der Waals surface area contributed by atoms with E-state index in [1.807, 2.05) is 6.92 Å². The van der Waals surface area contributed by atoms with Crippen LogP contribution < -0.4 is 0 Å². The minimum Gasteiger partial charge on any atom is -0.388 e. The first-order chi connectivity index (χ1) is 9.69. The van der Waals surface area contributed by atoms with Crippen LogP contribution >= 0.6 is 0 Å². The van der Waals surface area contributed by atoms with Crippen molar-refractivity contribution in [1.29, 1.82) is 0 Å². The molecule has 0 saturated carbocycles. The number of nitrogens with zero attached hydrogens (tertiary/aromatic N) is 2. The van der Waals surface area contributed by atoms with E-state index in [-0.39, 0.29) is 6.10 Å². The number of hydrogen-bond donors (Lipinski definition) is 1. The van der Waals surface area contributed by atoms with Gasteiger partial charge in [-0.25, -0.2) is 0 Å². The Morgan fingerprint density at radius 3 is 2.25 bits per heavy atom. The molecular weight excluding hydrogens is 248 g/mol. The fourth-order valence-corrected chi connectivity index (χ4v) is 2.84. The third kappa shape index (κ3) is 4.34. The molecule has 20 heavy (non-hydrogen) atoms. The lowest BCUT2D eigenvalue weighted by Crippen LogP contribution is -2.07. The molecule has 0 aliphatic rings. The third-order valence-corrected chi connectivity index (χ3v) is 4.04. The summed E-state index contributed by atoms with van der Waals surface area (Å²) in [5.41, 5.74) is 3.43. The summed E-state index contributed by atoms with van der Waals surface area (Å²) in [6.45, 7) is 9.56. The first kappa shape index (κ1) is 17.2. The molecule has 1 unspecified atom stereocenters. The van der Waals surface area contributed by atoms with Gasteiger partial charge in [0.25, 0.3) is 0 Å². The second kappa shape index (κ2) is 9.17. The van der Waals surface area contributed by atoms with Gasteiger partial charge in [0.15, 0.2) is 0 Å². The van der Waals surface area contributed by atoms with E-state index in [1.54, 1.807) is 0 Å². The van der Waals surface area contributed by atoms with Gasteiger partial charge in [-0.15, -0.1) is 0 Å². The number of unbranched alkanes of at least 4 members (excludes halogenated alkanes) is 4. The van der Waals surface area contributed by atoms with Crippen LogP contribution in [-0.4, -0.2) is 14.9 Å². The zero-order chi connectivity index (χ0) is 15.0. The average Bonchev–Trinajstić information content (AvgIpc) is 2.83. The van der Waals surface area contributed by atoms with Gasteiger partial charge in [-0.1, -0.05) is 53.4 Å². The fourth-order valence-electron chi connectivity index (χ4n) is 2.84. The summed E-state index contributed by atoms with van der Waals surface area (Å²) < 4.78 is 2.15. The maximum absolute atomic E-state index is 10.3. The van der Waals surface area contributed by atoms with Crippen molar-refractivity contribution in [1.82, 2.24) is 9.78 Å². The van der Waals surface area contributed by atoms with E-state index in [1.165, 1.54) is 37.8 Å². The summed E-state index contributed by atoms with van der Waals surface area (Å²) in [5, 5.41) is 15.0. The molecule has 3 heteroatoms. The number of rotatable bonds is 10. The van der Waals surface area contributed by atoms with Crippen LogP contribution in [0.15, 0.2) is 0 Å². The van der Waals surface area contributed by atoms with Crippen LogP contribution in [0.4, 0.5) is 0 Å². The number of aromatic nitrogens is 2. The first-order valence-corrected chi connectivity index (χ1v) is 8.45. The summed E-state index contributed by atoms with van der Waals surface area (Å²) in [6.07, 6.45) is 8.69. The second-order valence-corrected chi connectivity index (χ2v) is 5.58. The second-order valence-electron chi connectivity index (χ2n) is 5.58. The van der Waals surface area contributed by atoms with Crippen molar-refractivity contribution in [3.05, 3.63) is 17.0 Å². The van der Waals surface area contributed by atoms with Gasteiger partial charge in [0.1, 0.15) is 0 Å². The molecule has 0 fully saturated rings. The van der Waals surface area contributed by atoms with Crippen molar-refractivity contribution < 1.29 is 5.11 Å². The number of aliphatic hydroxyl groups is 1. The summed E-state index contributed by atoms with van der Waals surface area (Å²) in [6, 6.07) is 0. The highest BCUT2D eigenvalue weighted by atomic mass is 16.3. The van der Waals surface area contributed by atoms with Gasteiger partial charge in [-0.05, 0) is 25.7 Å². The zero-order valence-electron chi connectivity index (χ0n) is 13.8. The van der Waals surface area contributed by atoms with Crippen LogP contribution in [0.3, 0.4) is 0 Å². The van der Waals surface area contributed by atoms with E-state index in [2.05, 4.69) is 25.5 Å². The summed E-state index contributed by atoms with van der Waals surface area (Å²) >= 11 is 0. The molecular formula is C17H32N2O. The van der Waals surface area contributed by atoms with Crippen LogP contribution in [0.1, 0.15) is 89.3 Å². The monoisotopic (exact) mass is 280 g/mol. The minimum atomic E-state index is -0.353. The molecule has 1 heterocycles. The average molecular weight is 280 g/mol. The first-order valence-electron chi connectivity index (χ1n) is 8.45. The van der Waals surface area contributed by atoms with Crippen molar-refractivity contribution >= 4 is 0 Å². The predicted octanol–water partition coefficient (Wildman–Crippen LogP) is 4.42. The summed E-state index contributed by atoms with van der Waals surface area (Å²) in [7, 11) is 0. The molecule has 0 spiro atoms. The zero-order valence-corrected chi connectivity index (χ0v) is 13.8. The molecule has 3 nitrogen and oxygen atoms in total. The smallest absolute Gasteiger partial charge is 0.0823 e. The van der Waals surface area contributed by atoms with Gasteiger partial charge < -0.3 is 5.11 Å². The highest BCUT2D eigenvalue weighted by Gasteiger charge is 2.20. The van der Waals surface area contributed by atoms with Gasteiger partial charge in [0.05, 0.1) is 11.8 Å². The number of aryl methyl sites for hydroxylation is 2. The lowest BCUT2D eigenvalue weighted by molar-refractivity contribution is 0.171. The highest BCUT2D eigenvalue weighted by Crippen LogP contribution is 2.26. The molecule has 116 valence electrons. The molecule has 1 aromatic heterocycles. The summed E-state index contributed by atoms with van der Waals surface area (Å²) in [5.74, 6) is 0. The largest absolute Gasteiger partial charge is 0.388 e. The fraction of sp³-hybridized carbons (Fsp3) is 0.824. The molecule has 0 saturated heterocycles. The maximum atomic E-state index is 10.3. The van der Waals surface area contributed by atoms with Crippen molar-refractivity contribution in [2.75, 3.05) is 0 Å². The predicted molar refractivity (Wildman–Crippen MR) is 85.0 cm³/mol. The van der Waals surface area contributed by atoms with E-state index in [0.29, 0.717) is 0 Å². The van der Waals surface area contributed by atoms with E-state index >= 15 is 0 Å².